The first kappa shape index (κ1) is 27.1. The molecule has 5 aliphatic rings. The highest BCUT2D eigenvalue weighted by molar-refractivity contribution is 5.62. The number of anilines is 4. The number of fused-ring (bicyclic) bond motifs is 3. The average molecular weight is 613 g/mol. The fourth-order valence-corrected chi connectivity index (χ4v) is 6.97. The van der Waals surface area contributed by atoms with Crippen LogP contribution in [0.3, 0.4) is 0 Å². The number of ether oxygens (including phenoxy) is 4. The van der Waals surface area contributed by atoms with Crippen LogP contribution in [0.15, 0.2) is 108 Å². The largest absolute Gasteiger partial charge is 0.477 e. The maximum Gasteiger partial charge on any atom is 0.161 e. The highest BCUT2D eigenvalue weighted by atomic mass is 16.5. The van der Waals surface area contributed by atoms with Gasteiger partial charge in [-0.25, -0.2) is 0 Å². The van der Waals surface area contributed by atoms with Crippen molar-refractivity contribution in [1.82, 2.24) is 0 Å². The van der Waals surface area contributed by atoms with Crippen molar-refractivity contribution < 1.29 is 18.9 Å². The van der Waals surface area contributed by atoms with Crippen molar-refractivity contribution in [2.45, 2.75) is 32.5 Å². The van der Waals surface area contributed by atoms with Gasteiger partial charge in [0.05, 0.1) is 0 Å². The third-order valence-electron chi connectivity index (χ3n) is 9.55. The van der Waals surface area contributed by atoms with Gasteiger partial charge in [0.25, 0.3) is 0 Å². The van der Waals surface area contributed by atoms with E-state index in [2.05, 4.69) is 105 Å². The van der Waals surface area contributed by atoms with E-state index in [-0.39, 0.29) is 0 Å². The van der Waals surface area contributed by atoms with Gasteiger partial charge in [-0.2, -0.15) is 0 Å². The lowest BCUT2D eigenvalue weighted by atomic mass is 10.0. The number of allylic oxidation sites excluding steroid dienone is 2. The standard InChI is InChI=1S/C38H36N4O4/c1-3-7-35-27(5-1)19-41(25-43-35)33-13-15-37-29(17-33)21-39(23-45-37)31-9-11-32(12-10-31)40-22-30-18-34(14-16-38(30)46-24-40)42-20-28-6-2-4-8-36(28)44-26-42/h1-3,5-7,9-18H,4,8,19-26H2. The molecule has 9 rings (SSSR count). The molecule has 4 heterocycles. The van der Waals surface area contributed by atoms with Crippen molar-refractivity contribution in [2.24, 2.45) is 0 Å². The van der Waals surface area contributed by atoms with Gasteiger partial charge in [-0.15, -0.1) is 0 Å². The van der Waals surface area contributed by atoms with Crippen LogP contribution in [0.5, 0.6) is 17.2 Å². The summed E-state index contributed by atoms with van der Waals surface area (Å²) in [4.78, 5) is 9.11. The molecule has 8 heteroatoms. The molecule has 0 spiro atoms. The van der Waals surface area contributed by atoms with Gasteiger partial charge >= 0.3 is 0 Å². The number of para-hydroxylation sites is 1. The second kappa shape index (κ2) is 11.3. The Morgan fingerprint density at radius 2 is 0.957 bits per heavy atom. The number of hydrogen-bond acceptors (Lipinski definition) is 8. The van der Waals surface area contributed by atoms with Crippen LogP contribution in [0.4, 0.5) is 22.7 Å². The van der Waals surface area contributed by atoms with Crippen LogP contribution in [-0.4, -0.2) is 33.5 Å². The molecule has 0 aromatic heterocycles. The lowest BCUT2D eigenvalue weighted by Gasteiger charge is -2.35. The number of rotatable bonds is 4. The number of nitrogens with zero attached hydrogens (tertiary/aromatic N) is 4. The predicted molar refractivity (Wildman–Crippen MR) is 179 cm³/mol. The molecular formula is C38H36N4O4. The van der Waals surface area contributed by atoms with Crippen molar-refractivity contribution in [2.75, 3.05) is 53.1 Å². The van der Waals surface area contributed by atoms with Gasteiger partial charge in [0, 0.05) is 77.6 Å². The summed E-state index contributed by atoms with van der Waals surface area (Å²) in [5, 5.41) is 0. The predicted octanol–water partition coefficient (Wildman–Crippen LogP) is 7.15. The molecule has 46 heavy (non-hydrogen) atoms. The monoisotopic (exact) mass is 612 g/mol. The van der Waals surface area contributed by atoms with Crippen LogP contribution in [-0.2, 0) is 24.4 Å². The third-order valence-corrected chi connectivity index (χ3v) is 9.55. The van der Waals surface area contributed by atoms with Crippen molar-refractivity contribution in [3.63, 3.8) is 0 Å². The maximum absolute atomic E-state index is 6.20. The minimum atomic E-state index is 0.517. The first-order valence-electron chi connectivity index (χ1n) is 16.1. The fraction of sp³-hybridized carbons (Fsp3) is 0.263. The van der Waals surface area contributed by atoms with Crippen LogP contribution >= 0.6 is 0 Å². The molecule has 4 aromatic rings. The molecule has 0 unspecified atom stereocenters. The Labute approximate surface area is 269 Å². The molecule has 0 fully saturated rings. The molecule has 0 saturated carbocycles. The Morgan fingerprint density at radius 1 is 0.457 bits per heavy atom. The zero-order valence-corrected chi connectivity index (χ0v) is 25.7. The van der Waals surface area contributed by atoms with Gasteiger partial charge in [-0.1, -0.05) is 30.4 Å². The Morgan fingerprint density at radius 3 is 1.61 bits per heavy atom. The normalized spacial score (nSPS) is 18.3. The molecule has 4 aromatic carbocycles. The molecule has 0 atom stereocenters. The Bertz CT molecular complexity index is 1850. The van der Waals surface area contributed by atoms with Crippen LogP contribution < -0.4 is 33.8 Å². The molecule has 0 saturated heterocycles. The molecule has 0 N–H and O–H groups in total. The van der Waals surface area contributed by atoms with Gasteiger partial charge in [0.15, 0.2) is 26.9 Å². The number of benzene rings is 4. The molecule has 4 aliphatic heterocycles. The third kappa shape index (κ3) is 5.04. The topological polar surface area (TPSA) is 49.9 Å². The highest BCUT2D eigenvalue weighted by Gasteiger charge is 2.25. The first-order valence-corrected chi connectivity index (χ1v) is 16.1. The van der Waals surface area contributed by atoms with E-state index in [1.54, 1.807) is 0 Å². The zero-order chi connectivity index (χ0) is 30.5. The molecule has 0 bridgehead atoms. The van der Waals surface area contributed by atoms with E-state index >= 15 is 0 Å². The summed E-state index contributed by atoms with van der Waals surface area (Å²) < 4.78 is 24.5. The second-order valence-corrected chi connectivity index (χ2v) is 12.5. The van der Waals surface area contributed by atoms with E-state index in [0.717, 1.165) is 84.8 Å². The van der Waals surface area contributed by atoms with Gasteiger partial charge in [0.1, 0.15) is 23.0 Å². The van der Waals surface area contributed by atoms with Crippen molar-refractivity contribution in [1.29, 1.82) is 0 Å². The summed E-state index contributed by atoms with van der Waals surface area (Å²) in [7, 11) is 0. The van der Waals surface area contributed by atoms with Crippen LogP contribution in [0, 0.1) is 0 Å². The van der Waals surface area contributed by atoms with Crippen molar-refractivity contribution in [3.05, 3.63) is 125 Å². The Balaban J connectivity index is 0.873. The van der Waals surface area contributed by atoms with E-state index in [4.69, 9.17) is 18.9 Å². The summed E-state index contributed by atoms with van der Waals surface area (Å²) in [6, 6.07) is 29.9. The summed E-state index contributed by atoms with van der Waals surface area (Å²) in [6.45, 7) is 5.45. The summed E-state index contributed by atoms with van der Waals surface area (Å²) in [5.74, 6) is 4.03. The SMILES string of the molecule is C1=CC2=C(CC1)OCN(c1ccc3c(c1)CN(c1ccc(N4COc5ccc(N6COc7ccccc7C6)cc5C4)cc1)CO3)C2. The van der Waals surface area contributed by atoms with Crippen LogP contribution in [0.25, 0.3) is 0 Å². The van der Waals surface area contributed by atoms with E-state index in [9.17, 15) is 0 Å². The zero-order valence-electron chi connectivity index (χ0n) is 25.7. The first-order chi connectivity index (χ1) is 22.7. The minimum Gasteiger partial charge on any atom is -0.477 e. The highest BCUT2D eigenvalue weighted by Crippen LogP contribution is 2.37. The van der Waals surface area contributed by atoms with Crippen LogP contribution in [0.2, 0.25) is 0 Å². The molecule has 1 aliphatic carbocycles. The van der Waals surface area contributed by atoms with Gasteiger partial charge in [0.2, 0.25) is 0 Å². The smallest absolute Gasteiger partial charge is 0.161 e. The van der Waals surface area contributed by atoms with E-state index in [1.165, 1.54) is 22.3 Å². The second-order valence-electron chi connectivity index (χ2n) is 12.5. The molecule has 8 nitrogen and oxygen atoms in total. The lowest BCUT2D eigenvalue weighted by molar-refractivity contribution is 0.185. The van der Waals surface area contributed by atoms with Gasteiger partial charge in [-0.05, 0) is 73.2 Å². The van der Waals surface area contributed by atoms with E-state index < -0.39 is 0 Å². The van der Waals surface area contributed by atoms with Gasteiger partial charge in [-0.3, -0.25) is 0 Å². The molecule has 232 valence electrons. The molecule has 0 radical (unpaired) electrons. The van der Waals surface area contributed by atoms with Crippen molar-refractivity contribution >= 4 is 22.7 Å². The number of hydrogen-bond donors (Lipinski definition) is 0. The fourth-order valence-electron chi connectivity index (χ4n) is 6.97. The van der Waals surface area contributed by atoms with Crippen LogP contribution in [0.1, 0.15) is 29.5 Å². The summed E-state index contributed by atoms with van der Waals surface area (Å²) >= 11 is 0. The van der Waals surface area contributed by atoms with Gasteiger partial charge < -0.3 is 38.5 Å². The maximum atomic E-state index is 6.20. The summed E-state index contributed by atoms with van der Waals surface area (Å²) in [5.41, 5.74) is 9.43. The minimum absolute atomic E-state index is 0.517. The molecular weight excluding hydrogens is 576 g/mol. The Hall–Kier alpha value is -5.24. The van der Waals surface area contributed by atoms with E-state index in [1.807, 2.05) is 12.1 Å². The average Bonchev–Trinajstić information content (AvgIpc) is 3.13. The summed E-state index contributed by atoms with van der Waals surface area (Å²) in [6.07, 6.45) is 6.54. The lowest BCUT2D eigenvalue weighted by Crippen LogP contribution is -2.35. The van der Waals surface area contributed by atoms with E-state index in [0.29, 0.717) is 26.9 Å². The van der Waals surface area contributed by atoms with Crippen molar-refractivity contribution in [3.8, 4) is 17.2 Å². The molecule has 0 amide bonds. The Kier molecular flexibility index (Phi) is 6.65. The quantitative estimate of drug-likeness (QED) is 0.241.